The van der Waals surface area contributed by atoms with E-state index in [0.717, 1.165) is 18.5 Å². The van der Waals surface area contributed by atoms with Crippen LogP contribution >= 0.6 is 0 Å². The average Bonchev–Trinajstić information content (AvgIpc) is 2.55. The fourth-order valence-corrected chi connectivity index (χ4v) is 3.53. The number of pyridine rings is 1. The Morgan fingerprint density at radius 1 is 0.864 bits per heavy atom. The first-order valence-electron chi connectivity index (χ1n) is 7.87. The number of fused-ring (bicyclic) bond motifs is 3. The van der Waals surface area contributed by atoms with E-state index in [0.29, 0.717) is 0 Å². The van der Waals surface area contributed by atoms with Gasteiger partial charge in [-0.25, -0.2) is 0 Å². The number of rotatable bonds is 1. The predicted molar refractivity (Wildman–Crippen MR) is 92.0 cm³/mol. The van der Waals surface area contributed by atoms with E-state index in [9.17, 15) is 0 Å². The fraction of sp³-hybridized carbons (Fsp3) is 0.190. The molecule has 1 aliphatic rings. The fourth-order valence-electron chi connectivity index (χ4n) is 3.53. The molecular weight excluding hydrogens is 266 g/mol. The maximum Gasteiger partial charge on any atom is 0.0708 e. The summed E-state index contributed by atoms with van der Waals surface area (Å²) in [5, 5.41) is 0. The zero-order valence-electron chi connectivity index (χ0n) is 13.1. The van der Waals surface area contributed by atoms with E-state index < -0.39 is 0 Å². The summed E-state index contributed by atoms with van der Waals surface area (Å²) < 4.78 is 0. The van der Waals surface area contributed by atoms with Gasteiger partial charge in [-0.05, 0) is 60.6 Å². The van der Waals surface area contributed by atoms with E-state index in [1.807, 2.05) is 6.07 Å². The zero-order chi connectivity index (χ0) is 15.1. The number of aromatic nitrogens is 1. The van der Waals surface area contributed by atoms with Gasteiger partial charge in [0.1, 0.15) is 0 Å². The van der Waals surface area contributed by atoms with Crippen molar-refractivity contribution in [2.45, 2.75) is 26.7 Å². The monoisotopic (exact) mass is 285 g/mol. The maximum absolute atomic E-state index is 4.68. The Labute approximate surface area is 131 Å². The lowest BCUT2D eigenvalue weighted by atomic mass is 9.83. The van der Waals surface area contributed by atoms with Crippen molar-refractivity contribution in [1.29, 1.82) is 0 Å². The SMILES string of the molecule is Cc1cc(C)c2c(c1)-c1cc(-c3ccccc3)ncc1CC2. The molecule has 0 unspecified atom stereocenters. The minimum Gasteiger partial charge on any atom is -0.256 e. The molecule has 0 fully saturated rings. The van der Waals surface area contributed by atoms with Crippen LogP contribution in [0.2, 0.25) is 0 Å². The summed E-state index contributed by atoms with van der Waals surface area (Å²) in [4.78, 5) is 4.68. The van der Waals surface area contributed by atoms with Crippen LogP contribution in [-0.4, -0.2) is 4.98 Å². The van der Waals surface area contributed by atoms with Gasteiger partial charge in [0.15, 0.2) is 0 Å². The molecule has 22 heavy (non-hydrogen) atoms. The van der Waals surface area contributed by atoms with Crippen molar-refractivity contribution in [3.63, 3.8) is 0 Å². The van der Waals surface area contributed by atoms with E-state index >= 15 is 0 Å². The zero-order valence-corrected chi connectivity index (χ0v) is 13.1. The van der Waals surface area contributed by atoms with Crippen molar-refractivity contribution >= 4 is 0 Å². The van der Waals surface area contributed by atoms with Gasteiger partial charge in [-0.1, -0.05) is 48.0 Å². The van der Waals surface area contributed by atoms with E-state index in [1.54, 1.807) is 0 Å². The van der Waals surface area contributed by atoms with Crippen LogP contribution in [-0.2, 0) is 12.8 Å². The lowest BCUT2D eigenvalue weighted by molar-refractivity contribution is 0.920. The average molecular weight is 285 g/mol. The molecule has 1 heterocycles. The first-order chi connectivity index (χ1) is 10.7. The highest BCUT2D eigenvalue weighted by atomic mass is 14.7. The summed E-state index contributed by atoms with van der Waals surface area (Å²) >= 11 is 0. The molecule has 0 radical (unpaired) electrons. The number of aryl methyl sites for hydroxylation is 3. The van der Waals surface area contributed by atoms with Crippen LogP contribution < -0.4 is 0 Å². The van der Waals surface area contributed by atoms with E-state index in [2.05, 4.69) is 67.5 Å². The molecule has 1 aromatic heterocycles. The summed E-state index contributed by atoms with van der Waals surface area (Å²) in [6.45, 7) is 4.41. The van der Waals surface area contributed by atoms with Crippen LogP contribution in [0.5, 0.6) is 0 Å². The maximum atomic E-state index is 4.68. The molecule has 0 bridgehead atoms. The Morgan fingerprint density at radius 3 is 2.50 bits per heavy atom. The lowest BCUT2D eigenvalue weighted by Crippen LogP contribution is -2.07. The second-order valence-corrected chi connectivity index (χ2v) is 6.20. The van der Waals surface area contributed by atoms with Gasteiger partial charge >= 0.3 is 0 Å². The van der Waals surface area contributed by atoms with Gasteiger partial charge in [-0.15, -0.1) is 0 Å². The van der Waals surface area contributed by atoms with Crippen LogP contribution in [0.3, 0.4) is 0 Å². The summed E-state index contributed by atoms with van der Waals surface area (Å²) in [6.07, 6.45) is 4.29. The molecule has 0 saturated heterocycles. The second kappa shape index (κ2) is 5.10. The molecule has 2 aromatic carbocycles. The Hall–Kier alpha value is -2.41. The van der Waals surface area contributed by atoms with E-state index in [1.165, 1.54) is 38.9 Å². The topological polar surface area (TPSA) is 12.9 Å². The summed E-state index contributed by atoms with van der Waals surface area (Å²) in [5.74, 6) is 0. The van der Waals surface area contributed by atoms with Crippen molar-refractivity contribution in [2.75, 3.05) is 0 Å². The number of benzene rings is 2. The molecule has 108 valence electrons. The summed E-state index contributed by atoms with van der Waals surface area (Å²) in [5.41, 5.74) is 10.6. The third kappa shape index (κ3) is 2.14. The van der Waals surface area contributed by atoms with E-state index in [4.69, 9.17) is 0 Å². The Kier molecular flexibility index (Phi) is 3.07. The Balaban J connectivity index is 1.92. The number of nitrogens with zero attached hydrogens (tertiary/aromatic N) is 1. The summed E-state index contributed by atoms with van der Waals surface area (Å²) in [6, 6.07) is 17.3. The quantitative estimate of drug-likeness (QED) is 0.604. The van der Waals surface area contributed by atoms with Gasteiger partial charge in [0, 0.05) is 11.8 Å². The van der Waals surface area contributed by atoms with Crippen molar-refractivity contribution < 1.29 is 0 Å². The Morgan fingerprint density at radius 2 is 1.68 bits per heavy atom. The van der Waals surface area contributed by atoms with E-state index in [-0.39, 0.29) is 0 Å². The number of hydrogen-bond donors (Lipinski definition) is 0. The van der Waals surface area contributed by atoms with Crippen LogP contribution in [0.15, 0.2) is 54.7 Å². The molecule has 0 N–H and O–H groups in total. The molecular formula is C21H19N. The second-order valence-electron chi connectivity index (χ2n) is 6.20. The van der Waals surface area contributed by atoms with Crippen LogP contribution in [0.4, 0.5) is 0 Å². The highest BCUT2D eigenvalue weighted by molar-refractivity contribution is 5.78. The number of hydrogen-bond acceptors (Lipinski definition) is 1. The lowest BCUT2D eigenvalue weighted by Gasteiger charge is -2.22. The molecule has 0 atom stereocenters. The largest absolute Gasteiger partial charge is 0.256 e. The first kappa shape index (κ1) is 13.3. The van der Waals surface area contributed by atoms with Crippen molar-refractivity contribution in [2.24, 2.45) is 0 Å². The molecule has 1 heteroatoms. The third-order valence-electron chi connectivity index (χ3n) is 4.61. The first-order valence-corrected chi connectivity index (χ1v) is 7.87. The van der Waals surface area contributed by atoms with Crippen LogP contribution in [0.1, 0.15) is 22.3 Å². The van der Waals surface area contributed by atoms with Gasteiger partial charge in [-0.2, -0.15) is 0 Å². The van der Waals surface area contributed by atoms with Gasteiger partial charge in [0.2, 0.25) is 0 Å². The molecule has 0 aliphatic heterocycles. The van der Waals surface area contributed by atoms with Crippen molar-refractivity contribution in [1.82, 2.24) is 4.98 Å². The predicted octanol–water partition coefficient (Wildman–Crippen LogP) is 5.13. The highest BCUT2D eigenvalue weighted by Crippen LogP contribution is 2.37. The molecule has 0 spiro atoms. The normalized spacial score (nSPS) is 12.6. The van der Waals surface area contributed by atoms with Gasteiger partial charge in [0.05, 0.1) is 5.69 Å². The molecule has 4 rings (SSSR count). The molecule has 3 aromatic rings. The van der Waals surface area contributed by atoms with Crippen LogP contribution in [0, 0.1) is 13.8 Å². The highest BCUT2D eigenvalue weighted by Gasteiger charge is 2.19. The van der Waals surface area contributed by atoms with Gasteiger partial charge in [-0.3, -0.25) is 4.98 Å². The molecule has 0 saturated carbocycles. The minimum absolute atomic E-state index is 1.06. The van der Waals surface area contributed by atoms with Crippen molar-refractivity contribution in [3.8, 4) is 22.4 Å². The van der Waals surface area contributed by atoms with Crippen LogP contribution in [0.25, 0.3) is 22.4 Å². The van der Waals surface area contributed by atoms with Gasteiger partial charge in [0.25, 0.3) is 0 Å². The van der Waals surface area contributed by atoms with Gasteiger partial charge < -0.3 is 0 Å². The van der Waals surface area contributed by atoms with Crippen molar-refractivity contribution in [3.05, 3.63) is 77.0 Å². The summed E-state index contributed by atoms with van der Waals surface area (Å²) in [7, 11) is 0. The Bertz CT molecular complexity index is 847. The minimum atomic E-state index is 1.06. The molecule has 0 amide bonds. The molecule has 1 aliphatic carbocycles. The standard InChI is InChI=1S/C21H19N/c1-14-10-15(2)18-9-8-17-13-22-21(12-19(17)20(18)11-14)16-6-4-3-5-7-16/h3-7,10-13H,8-9H2,1-2H3. The smallest absolute Gasteiger partial charge is 0.0708 e. The molecule has 1 nitrogen and oxygen atoms in total. The third-order valence-corrected chi connectivity index (χ3v) is 4.61.